The second kappa shape index (κ2) is 5.77. The van der Waals surface area contributed by atoms with Crippen LogP contribution < -0.4 is 4.74 Å². The van der Waals surface area contributed by atoms with Gasteiger partial charge in [-0.15, -0.1) is 0 Å². The first-order valence-electron chi connectivity index (χ1n) is 5.10. The fraction of sp³-hybridized carbons (Fsp3) is 0.167. The summed E-state index contributed by atoms with van der Waals surface area (Å²) in [6.07, 6.45) is 2.31. The number of hydrogen-bond acceptors (Lipinski definition) is 4. The zero-order chi connectivity index (χ0) is 13.1. The van der Waals surface area contributed by atoms with Crippen molar-refractivity contribution in [3.05, 3.63) is 50.7 Å². The van der Waals surface area contributed by atoms with Gasteiger partial charge in [0.2, 0.25) is 0 Å². The molecule has 94 valence electrons. The predicted octanol–water partition coefficient (Wildman–Crippen LogP) is 3.09. The Morgan fingerprint density at radius 1 is 1.22 bits per heavy atom. The summed E-state index contributed by atoms with van der Waals surface area (Å²) >= 11 is 6.79. The summed E-state index contributed by atoms with van der Waals surface area (Å²) < 4.78 is 6.64. The van der Waals surface area contributed by atoms with Gasteiger partial charge in [-0.3, -0.25) is 0 Å². The molecule has 0 spiro atoms. The molecule has 1 unspecified atom stereocenters. The smallest absolute Gasteiger partial charge is 0.316 e. The minimum Gasteiger partial charge on any atom is -0.467 e. The summed E-state index contributed by atoms with van der Waals surface area (Å²) in [5.74, 6) is 0. The van der Waals surface area contributed by atoms with Gasteiger partial charge in [0.1, 0.15) is 6.10 Å². The van der Waals surface area contributed by atoms with Gasteiger partial charge in [0.15, 0.2) is 0 Å². The van der Waals surface area contributed by atoms with Gasteiger partial charge >= 0.3 is 6.01 Å². The van der Waals surface area contributed by atoms with Crippen LogP contribution in [-0.4, -0.2) is 22.2 Å². The Balaban J connectivity index is 2.31. The van der Waals surface area contributed by atoms with Crippen LogP contribution >= 0.6 is 31.9 Å². The number of methoxy groups -OCH3 is 1. The minimum atomic E-state index is -0.779. The SMILES string of the molecule is COc1ncc(C(O)c2ccc(Br)cc2Br)cn1. The molecule has 1 aromatic carbocycles. The van der Waals surface area contributed by atoms with E-state index in [4.69, 9.17) is 4.74 Å². The van der Waals surface area contributed by atoms with E-state index in [2.05, 4.69) is 41.8 Å². The van der Waals surface area contributed by atoms with Gasteiger partial charge in [-0.25, -0.2) is 9.97 Å². The maximum absolute atomic E-state index is 10.3. The molecule has 2 rings (SSSR count). The fourth-order valence-electron chi connectivity index (χ4n) is 1.48. The molecule has 0 saturated heterocycles. The monoisotopic (exact) mass is 372 g/mol. The van der Waals surface area contributed by atoms with E-state index in [1.165, 1.54) is 7.11 Å². The van der Waals surface area contributed by atoms with E-state index >= 15 is 0 Å². The first-order chi connectivity index (χ1) is 8.61. The molecule has 0 bridgehead atoms. The summed E-state index contributed by atoms with van der Waals surface area (Å²) in [6.45, 7) is 0. The van der Waals surface area contributed by atoms with Gasteiger partial charge in [-0.05, 0) is 17.7 Å². The Labute approximate surface area is 121 Å². The molecule has 6 heteroatoms. The number of aliphatic hydroxyl groups excluding tert-OH is 1. The maximum Gasteiger partial charge on any atom is 0.316 e. The lowest BCUT2D eigenvalue weighted by molar-refractivity contribution is 0.218. The summed E-state index contributed by atoms with van der Waals surface area (Å²) in [7, 11) is 1.50. The number of rotatable bonds is 3. The lowest BCUT2D eigenvalue weighted by Crippen LogP contribution is -2.03. The van der Waals surface area contributed by atoms with Crippen molar-refractivity contribution in [2.45, 2.75) is 6.10 Å². The Hall–Kier alpha value is -0.980. The molecule has 4 nitrogen and oxygen atoms in total. The lowest BCUT2D eigenvalue weighted by atomic mass is 10.0. The van der Waals surface area contributed by atoms with Crippen LogP contribution in [0.4, 0.5) is 0 Å². The second-order valence-electron chi connectivity index (χ2n) is 3.57. The lowest BCUT2D eigenvalue weighted by Gasteiger charge is -2.13. The third kappa shape index (κ3) is 2.88. The fourth-order valence-corrected chi connectivity index (χ4v) is 2.74. The summed E-state index contributed by atoms with van der Waals surface area (Å²) in [5, 5.41) is 10.3. The van der Waals surface area contributed by atoms with Gasteiger partial charge in [-0.2, -0.15) is 0 Å². The van der Waals surface area contributed by atoms with Crippen molar-refractivity contribution in [1.82, 2.24) is 9.97 Å². The molecule has 1 aromatic heterocycles. The molecule has 0 aliphatic carbocycles. The molecule has 18 heavy (non-hydrogen) atoms. The molecular formula is C12H10Br2N2O2. The third-order valence-electron chi connectivity index (χ3n) is 2.40. The summed E-state index contributed by atoms with van der Waals surface area (Å²) in [4.78, 5) is 7.95. The van der Waals surface area contributed by atoms with Crippen LogP contribution in [0.25, 0.3) is 0 Å². The summed E-state index contributed by atoms with van der Waals surface area (Å²) in [5.41, 5.74) is 1.37. The van der Waals surface area contributed by atoms with Crippen LogP contribution in [0, 0.1) is 0 Å². The Morgan fingerprint density at radius 2 is 1.89 bits per heavy atom. The highest BCUT2D eigenvalue weighted by Gasteiger charge is 2.15. The Morgan fingerprint density at radius 3 is 2.44 bits per heavy atom. The van der Waals surface area contributed by atoms with E-state index in [9.17, 15) is 5.11 Å². The van der Waals surface area contributed by atoms with Crippen molar-refractivity contribution >= 4 is 31.9 Å². The van der Waals surface area contributed by atoms with Gasteiger partial charge in [-0.1, -0.05) is 37.9 Å². The van der Waals surface area contributed by atoms with E-state index < -0.39 is 6.10 Å². The molecule has 2 aromatic rings. The van der Waals surface area contributed by atoms with E-state index in [0.717, 1.165) is 14.5 Å². The second-order valence-corrected chi connectivity index (χ2v) is 5.34. The number of aliphatic hydroxyl groups is 1. The van der Waals surface area contributed by atoms with E-state index in [0.29, 0.717) is 5.56 Å². The average Bonchev–Trinajstić information content (AvgIpc) is 2.38. The van der Waals surface area contributed by atoms with Crippen LogP contribution in [-0.2, 0) is 0 Å². The topological polar surface area (TPSA) is 55.2 Å². The number of nitrogens with zero attached hydrogens (tertiary/aromatic N) is 2. The quantitative estimate of drug-likeness (QED) is 0.898. The molecule has 1 heterocycles. The highest BCUT2D eigenvalue weighted by molar-refractivity contribution is 9.11. The standard InChI is InChI=1S/C12H10Br2N2O2/c1-18-12-15-5-7(6-16-12)11(17)9-3-2-8(13)4-10(9)14/h2-6,11,17H,1H3. The normalized spacial score (nSPS) is 12.2. The van der Waals surface area contributed by atoms with Gasteiger partial charge in [0.25, 0.3) is 0 Å². The highest BCUT2D eigenvalue weighted by Crippen LogP contribution is 2.30. The zero-order valence-corrected chi connectivity index (χ0v) is 12.6. The van der Waals surface area contributed by atoms with Crippen molar-refractivity contribution in [3.8, 4) is 6.01 Å². The van der Waals surface area contributed by atoms with Gasteiger partial charge in [0, 0.05) is 26.9 Å². The van der Waals surface area contributed by atoms with Crippen LogP contribution in [0.5, 0.6) is 6.01 Å². The molecule has 1 atom stereocenters. The van der Waals surface area contributed by atoms with Crippen molar-refractivity contribution in [1.29, 1.82) is 0 Å². The van der Waals surface area contributed by atoms with Crippen molar-refractivity contribution in [3.63, 3.8) is 0 Å². The highest BCUT2D eigenvalue weighted by atomic mass is 79.9. The third-order valence-corrected chi connectivity index (χ3v) is 3.58. The van der Waals surface area contributed by atoms with Crippen LogP contribution in [0.1, 0.15) is 17.2 Å². The van der Waals surface area contributed by atoms with Crippen LogP contribution in [0.3, 0.4) is 0 Å². The first-order valence-corrected chi connectivity index (χ1v) is 6.69. The number of benzene rings is 1. The molecule has 0 radical (unpaired) electrons. The molecule has 0 aliphatic heterocycles. The molecule has 0 fully saturated rings. The number of ether oxygens (including phenoxy) is 1. The minimum absolute atomic E-state index is 0.279. The largest absolute Gasteiger partial charge is 0.467 e. The van der Waals surface area contributed by atoms with E-state index in [1.54, 1.807) is 12.4 Å². The average molecular weight is 374 g/mol. The van der Waals surface area contributed by atoms with Crippen molar-refractivity contribution in [2.24, 2.45) is 0 Å². The Bertz CT molecular complexity index is 546. The number of hydrogen-bond donors (Lipinski definition) is 1. The van der Waals surface area contributed by atoms with Crippen LogP contribution in [0.15, 0.2) is 39.5 Å². The van der Waals surface area contributed by atoms with Gasteiger partial charge < -0.3 is 9.84 Å². The van der Waals surface area contributed by atoms with Crippen molar-refractivity contribution in [2.75, 3.05) is 7.11 Å². The van der Waals surface area contributed by atoms with Crippen molar-refractivity contribution < 1.29 is 9.84 Å². The molecule has 1 N–H and O–H groups in total. The molecular weight excluding hydrogens is 364 g/mol. The number of aromatic nitrogens is 2. The maximum atomic E-state index is 10.3. The van der Waals surface area contributed by atoms with Gasteiger partial charge in [0.05, 0.1) is 7.11 Å². The first kappa shape index (κ1) is 13.5. The predicted molar refractivity (Wildman–Crippen MR) is 74.5 cm³/mol. The Kier molecular flexibility index (Phi) is 4.31. The molecule has 0 amide bonds. The zero-order valence-electron chi connectivity index (χ0n) is 9.47. The number of halogens is 2. The van der Waals surface area contributed by atoms with E-state index in [1.807, 2.05) is 18.2 Å². The molecule has 0 aliphatic rings. The van der Waals surface area contributed by atoms with Crippen LogP contribution in [0.2, 0.25) is 0 Å². The van der Waals surface area contributed by atoms with E-state index in [-0.39, 0.29) is 6.01 Å². The summed E-state index contributed by atoms with van der Waals surface area (Å²) in [6, 6.07) is 5.86. The molecule has 0 saturated carbocycles.